The summed E-state index contributed by atoms with van der Waals surface area (Å²) in [4.78, 5) is 13.5. The van der Waals surface area contributed by atoms with E-state index >= 15 is 0 Å². The summed E-state index contributed by atoms with van der Waals surface area (Å²) < 4.78 is 0. The molecular weight excluding hydrogens is 380 g/mol. The molecular formula is C28H24N2O. The highest BCUT2D eigenvalue weighted by atomic mass is 16.1. The van der Waals surface area contributed by atoms with Crippen molar-refractivity contribution in [3.8, 4) is 0 Å². The highest BCUT2D eigenvalue weighted by Gasteiger charge is 2.19. The summed E-state index contributed by atoms with van der Waals surface area (Å²) >= 11 is 0. The van der Waals surface area contributed by atoms with E-state index in [-0.39, 0.29) is 5.91 Å². The molecule has 4 aromatic carbocycles. The molecule has 0 spiro atoms. The summed E-state index contributed by atoms with van der Waals surface area (Å²) in [6.45, 7) is 0. The molecule has 152 valence electrons. The van der Waals surface area contributed by atoms with Gasteiger partial charge >= 0.3 is 0 Å². The van der Waals surface area contributed by atoms with E-state index in [4.69, 9.17) is 0 Å². The predicted molar refractivity (Wildman–Crippen MR) is 129 cm³/mol. The lowest BCUT2D eigenvalue weighted by atomic mass is 9.98. The zero-order valence-corrected chi connectivity index (χ0v) is 17.2. The Morgan fingerprint density at radius 2 is 1.00 bits per heavy atom. The first-order valence-electron chi connectivity index (χ1n) is 10.3. The predicted octanol–water partition coefficient (Wildman–Crippen LogP) is 6.39. The summed E-state index contributed by atoms with van der Waals surface area (Å²) in [5.74, 6) is -0.147. The number of hydrogen-bond acceptors (Lipinski definition) is 2. The zero-order valence-electron chi connectivity index (χ0n) is 17.2. The Labute approximate surface area is 183 Å². The van der Waals surface area contributed by atoms with Gasteiger partial charge in [-0.3, -0.25) is 4.79 Å². The van der Waals surface area contributed by atoms with Crippen LogP contribution in [0.1, 0.15) is 11.1 Å². The van der Waals surface area contributed by atoms with Crippen LogP contribution in [0.3, 0.4) is 0 Å². The monoisotopic (exact) mass is 404 g/mol. The Morgan fingerprint density at radius 1 is 0.548 bits per heavy atom. The molecule has 0 fully saturated rings. The Hall–Kier alpha value is -4.11. The lowest BCUT2D eigenvalue weighted by Gasteiger charge is -2.18. The number of hydrogen-bond donors (Lipinski definition) is 2. The van der Waals surface area contributed by atoms with Gasteiger partial charge in [0.1, 0.15) is 0 Å². The molecule has 0 aliphatic heterocycles. The number of carbonyl (C=O) groups is 1. The van der Waals surface area contributed by atoms with Gasteiger partial charge in [0.15, 0.2) is 0 Å². The maximum absolute atomic E-state index is 13.5. The molecule has 1 amide bonds. The normalized spacial score (nSPS) is 11.4. The third kappa shape index (κ3) is 5.49. The van der Waals surface area contributed by atoms with E-state index in [1.165, 1.54) is 0 Å². The zero-order chi connectivity index (χ0) is 21.3. The van der Waals surface area contributed by atoms with Crippen molar-refractivity contribution < 1.29 is 4.79 Å². The van der Waals surface area contributed by atoms with Gasteiger partial charge in [-0.2, -0.15) is 0 Å². The molecule has 0 aromatic heterocycles. The van der Waals surface area contributed by atoms with Gasteiger partial charge in [0.05, 0.1) is 5.57 Å². The average molecular weight is 405 g/mol. The van der Waals surface area contributed by atoms with Crippen molar-refractivity contribution >= 4 is 22.9 Å². The molecule has 0 atom stereocenters. The van der Waals surface area contributed by atoms with Crippen molar-refractivity contribution in [3.05, 3.63) is 138 Å². The Morgan fingerprint density at radius 3 is 1.55 bits per heavy atom. The number of nitrogens with one attached hydrogen (secondary N) is 2. The molecule has 4 rings (SSSR count). The second-order valence-corrected chi connectivity index (χ2v) is 7.19. The van der Waals surface area contributed by atoms with Gasteiger partial charge in [0.2, 0.25) is 0 Å². The molecule has 3 nitrogen and oxygen atoms in total. The van der Waals surface area contributed by atoms with Gasteiger partial charge in [0.25, 0.3) is 5.91 Å². The van der Waals surface area contributed by atoms with Crippen LogP contribution in [0.2, 0.25) is 0 Å². The molecule has 0 aliphatic rings. The number of para-hydroxylation sites is 2. The molecule has 0 aliphatic carbocycles. The van der Waals surface area contributed by atoms with Crippen molar-refractivity contribution in [2.24, 2.45) is 0 Å². The molecule has 0 radical (unpaired) electrons. The van der Waals surface area contributed by atoms with E-state index in [0.717, 1.165) is 28.2 Å². The van der Waals surface area contributed by atoms with E-state index in [1.807, 2.05) is 109 Å². The summed E-state index contributed by atoms with van der Waals surface area (Å²) in [5.41, 5.74) is 5.16. The second kappa shape index (κ2) is 10.1. The van der Waals surface area contributed by atoms with Crippen molar-refractivity contribution in [3.63, 3.8) is 0 Å². The largest absolute Gasteiger partial charge is 0.358 e. The SMILES string of the molecule is O=C(Nc1ccccc1)C(=C(Cc1ccccc1)Nc1ccccc1)c1ccccc1. The van der Waals surface area contributed by atoms with Gasteiger partial charge in [0, 0.05) is 23.5 Å². The van der Waals surface area contributed by atoms with E-state index in [9.17, 15) is 4.79 Å². The minimum Gasteiger partial charge on any atom is -0.358 e. The van der Waals surface area contributed by atoms with E-state index in [0.29, 0.717) is 12.0 Å². The minimum absolute atomic E-state index is 0.147. The van der Waals surface area contributed by atoms with Gasteiger partial charge in [-0.1, -0.05) is 97.1 Å². The molecule has 0 saturated heterocycles. The molecule has 0 unspecified atom stereocenters. The highest BCUT2D eigenvalue weighted by Crippen LogP contribution is 2.25. The van der Waals surface area contributed by atoms with Crippen LogP contribution in [0, 0.1) is 0 Å². The Bertz CT molecular complexity index is 1100. The van der Waals surface area contributed by atoms with Gasteiger partial charge in [-0.05, 0) is 35.4 Å². The van der Waals surface area contributed by atoms with Crippen LogP contribution in [0.5, 0.6) is 0 Å². The lowest BCUT2D eigenvalue weighted by molar-refractivity contribution is -0.111. The highest BCUT2D eigenvalue weighted by molar-refractivity contribution is 6.26. The maximum atomic E-state index is 13.5. The third-order valence-electron chi connectivity index (χ3n) is 4.92. The van der Waals surface area contributed by atoms with Gasteiger partial charge in [-0.25, -0.2) is 0 Å². The molecule has 0 saturated carbocycles. The summed E-state index contributed by atoms with van der Waals surface area (Å²) in [7, 11) is 0. The number of amides is 1. The first-order chi connectivity index (χ1) is 15.3. The molecule has 0 bridgehead atoms. The third-order valence-corrected chi connectivity index (χ3v) is 4.92. The number of anilines is 2. The number of allylic oxidation sites excluding steroid dienone is 1. The summed E-state index contributed by atoms with van der Waals surface area (Å²) in [5, 5.41) is 6.57. The van der Waals surface area contributed by atoms with E-state index in [1.54, 1.807) is 0 Å². The molecule has 4 aromatic rings. The van der Waals surface area contributed by atoms with Crippen LogP contribution in [-0.2, 0) is 11.2 Å². The van der Waals surface area contributed by atoms with Crippen LogP contribution in [0.25, 0.3) is 5.57 Å². The molecule has 2 N–H and O–H groups in total. The van der Waals surface area contributed by atoms with Crippen LogP contribution in [0.4, 0.5) is 11.4 Å². The van der Waals surface area contributed by atoms with Gasteiger partial charge in [-0.15, -0.1) is 0 Å². The van der Waals surface area contributed by atoms with Crippen molar-refractivity contribution in [1.29, 1.82) is 0 Å². The van der Waals surface area contributed by atoms with Crippen molar-refractivity contribution in [1.82, 2.24) is 0 Å². The second-order valence-electron chi connectivity index (χ2n) is 7.19. The maximum Gasteiger partial charge on any atom is 0.258 e. The minimum atomic E-state index is -0.147. The summed E-state index contributed by atoms with van der Waals surface area (Å²) in [6.07, 6.45) is 0.599. The molecule has 0 heterocycles. The topological polar surface area (TPSA) is 41.1 Å². The first-order valence-corrected chi connectivity index (χ1v) is 10.3. The van der Waals surface area contributed by atoms with Gasteiger partial charge < -0.3 is 10.6 Å². The van der Waals surface area contributed by atoms with Crippen molar-refractivity contribution in [2.45, 2.75) is 6.42 Å². The average Bonchev–Trinajstić information content (AvgIpc) is 2.82. The fourth-order valence-electron chi connectivity index (χ4n) is 3.45. The van der Waals surface area contributed by atoms with Crippen molar-refractivity contribution in [2.75, 3.05) is 10.6 Å². The Balaban J connectivity index is 1.80. The standard InChI is InChI=1S/C28H24N2O/c31-28(30-25-19-11-4-12-20-25)27(23-15-7-2-8-16-23)26(21-22-13-5-1-6-14-22)29-24-17-9-3-10-18-24/h1-20,29H,21H2,(H,30,31). The molecule has 3 heteroatoms. The molecule has 31 heavy (non-hydrogen) atoms. The first kappa shape index (κ1) is 20.2. The number of benzene rings is 4. The smallest absolute Gasteiger partial charge is 0.258 e. The van der Waals surface area contributed by atoms with Crippen LogP contribution in [0.15, 0.2) is 127 Å². The van der Waals surface area contributed by atoms with Crippen LogP contribution >= 0.6 is 0 Å². The summed E-state index contributed by atoms with van der Waals surface area (Å²) in [6, 6.07) is 39.5. The fourth-order valence-corrected chi connectivity index (χ4v) is 3.45. The van der Waals surface area contributed by atoms with E-state index in [2.05, 4.69) is 22.8 Å². The van der Waals surface area contributed by atoms with Crippen LogP contribution < -0.4 is 10.6 Å². The quantitative estimate of drug-likeness (QED) is 0.350. The number of rotatable bonds is 7. The Kier molecular flexibility index (Phi) is 6.56. The number of carbonyl (C=O) groups excluding carboxylic acids is 1. The van der Waals surface area contributed by atoms with E-state index < -0.39 is 0 Å². The fraction of sp³-hybridized carbons (Fsp3) is 0.0357. The van der Waals surface area contributed by atoms with Crippen LogP contribution in [-0.4, -0.2) is 5.91 Å². The lowest BCUT2D eigenvalue weighted by Crippen LogP contribution is -2.19.